The molecule has 0 spiro atoms. The SMILES string of the molecule is O=C(c1cc(=O)c2c(OCCOc3ccccc3)cccc2o1)N1CCN(CCO)CC1. The first-order valence-electron chi connectivity index (χ1n) is 10.7. The van der Waals surface area contributed by atoms with Crippen LogP contribution in [0.2, 0.25) is 0 Å². The number of ether oxygens (including phenoxy) is 2. The Hall–Kier alpha value is -3.36. The van der Waals surface area contributed by atoms with Gasteiger partial charge in [-0.2, -0.15) is 0 Å². The average molecular weight is 438 g/mol. The van der Waals surface area contributed by atoms with E-state index in [1.807, 2.05) is 30.3 Å². The average Bonchev–Trinajstić information content (AvgIpc) is 2.82. The van der Waals surface area contributed by atoms with Gasteiger partial charge in [-0.1, -0.05) is 24.3 Å². The van der Waals surface area contributed by atoms with Crippen LogP contribution in [-0.4, -0.2) is 73.4 Å². The van der Waals surface area contributed by atoms with Gasteiger partial charge in [0.15, 0.2) is 11.2 Å². The Bertz CT molecular complexity index is 1110. The minimum absolute atomic E-state index is 0.0164. The quantitative estimate of drug-likeness (QED) is 0.538. The predicted octanol–water partition coefficient (Wildman–Crippen LogP) is 2.00. The lowest BCUT2D eigenvalue weighted by Gasteiger charge is -2.34. The fraction of sp³-hybridized carbons (Fsp3) is 0.333. The number of amides is 1. The molecule has 1 N–H and O–H groups in total. The molecule has 4 rings (SSSR count). The van der Waals surface area contributed by atoms with Crippen molar-refractivity contribution in [2.24, 2.45) is 0 Å². The van der Waals surface area contributed by atoms with Crippen LogP contribution in [0.15, 0.2) is 63.8 Å². The van der Waals surface area contributed by atoms with Gasteiger partial charge in [0.05, 0.1) is 6.61 Å². The molecule has 1 aliphatic heterocycles. The zero-order chi connectivity index (χ0) is 22.3. The Morgan fingerprint density at radius 1 is 0.969 bits per heavy atom. The van der Waals surface area contributed by atoms with E-state index in [9.17, 15) is 9.59 Å². The summed E-state index contributed by atoms with van der Waals surface area (Å²) in [6, 6.07) is 15.7. The number of aliphatic hydroxyl groups excluding tert-OH is 1. The molecule has 2 aromatic carbocycles. The van der Waals surface area contributed by atoms with Gasteiger partial charge in [0.1, 0.15) is 35.7 Å². The summed E-state index contributed by atoms with van der Waals surface area (Å²) in [5.41, 5.74) is -0.0191. The molecule has 0 atom stereocenters. The van der Waals surface area contributed by atoms with Crippen LogP contribution in [0, 0.1) is 0 Å². The normalized spacial score (nSPS) is 14.5. The van der Waals surface area contributed by atoms with Crippen molar-refractivity contribution in [1.29, 1.82) is 0 Å². The van der Waals surface area contributed by atoms with Crippen molar-refractivity contribution >= 4 is 16.9 Å². The molecule has 8 heteroatoms. The van der Waals surface area contributed by atoms with Gasteiger partial charge in [0.2, 0.25) is 0 Å². The molecule has 0 saturated carbocycles. The molecule has 1 fully saturated rings. The number of carbonyl (C=O) groups excluding carboxylic acids is 1. The van der Waals surface area contributed by atoms with Crippen LogP contribution in [0.4, 0.5) is 0 Å². The summed E-state index contributed by atoms with van der Waals surface area (Å²) in [7, 11) is 0. The molecule has 1 aliphatic rings. The smallest absolute Gasteiger partial charge is 0.289 e. The third-order valence-corrected chi connectivity index (χ3v) is 5.36. The molecule has 0 aliphatic carbocycles. The highest BCUT2D eigenvalue weighted by Crippen LogP contribution is 2.24. The number of fused-ring (bicyclic) bond motifs is 1. The molecule has 2 heterocycles. The molecule has 1 amide bonds. The molecule has 0 radical (unpaired) electrons. The van der Waals surface area contributed by atoms with E-state index in [0.29, 0.717) is 56.0 Å². The summed E-state index contributed by atoms with van der Waals surface area (Å²) in [5.74, 6) is 0.844. The van der Waals surface area contributed by atoms with E-state index in [1.54, 1.807) is 23.1 Å². The summed E-state index contributed by atoms with van der Waals surface area (Å²) in [6.45, 7) is 3.65. The Morgan fingerprint density at radius 3 is 2.47 bits per heavy atom. The second kappa shape index (κ2) is 10.3. The Morgan fingerprint density at radius 2 is 1.72 bits per heavy atom. The van der Waals surface area contributed by atoms with E-state index in [2.05, 4.69) is 4.90 Å². The van der Waals surface area contributed by atoms with E-state index in [4.69, 9.17) is 19.0 Å². The lowest BCUT2D eigenvalue weighted by molar-refractivity contribution is 0.0585. The maximum Gasteiger partial charge on any atom is 0.289 e. The maximum atomic E-state index is 12.9. The predicted molar refractivity (Wildman–Crippen MR) is 119 cm³/mol. The van der Waals surface area contributed by atoms with Gasteiger partial charge in [-0.15, -0.1) is 0 Å². The van der Waals surface area contributed by atoms with Crippen molar-refractivity contribution < 1.29 is 23.8 Å². The van der Waals surface area contributed by atoms with Crippen LogP contribution in [-0.2, 0) is 0 Å². The molecule has 32 heavy (non-hydrogen) atoms. The largest absolute Gasteiger partial charge is 0.490 e. The standard InChI is InChI=1S/C24H26N2O6/c27-14-13-25-9-11-26(12-10-25)24(29)22-17-19(28)23-20(7-4-8-21(23)32-22)31-16-15-30-18-5-2-1-3-6-18/h1-8,17,27H,9-16H2. The first-order chi connectivity index (χ1) is 15.7. The molecule has 168 valence electrons. The van der Waals surface area contributed by atoms with Gasteiger partial charge >= 0.3 is 0 Å². The summed E-state index contributed by atoms with van der Waals surface area (Å²) in [5, 5.41) is 9.36. The Labute approximate surface area is 185 Å². The van der Waals surface area contributed by atoms with Crippen LogP contribution in [0.5, 0.6) is 11.5 Å². The van der Waals surface area contributed by atoms with Crippen molar-refractivity contribution in [2.75, 3.05) is 52.5 Å². The van der Waals surface area contributed by atoms with E-state index in [-0.39, 0.29) is 30.3 Å². The minimum atomic E-state index is -0.326. The van der Waals surface area contributed by atoms with Crippen molar-refractivity contribution in [3.63, 3.8) is 0 Å². The first kappa shape index (κ1) is 21.9. The second-order valence-corrected chi connectivity index (χ2v) is 7.47. The number of β-amino-alcohol motifs (C(OH)–C–C–N with tert-alkyl or cyclic N) is 1. The Kier molecular flexibility index (Phi) is 7.03. The van der Waals surface area contributed by atoms with Gasteiger partial charge in [-0.3, -0.25) is 14.5 Å². The number of piperazine rings is 1. The summed E-state index contributed by atoms with van der Waals surface area (Å²) in [6.07, 6.45) is 0. The number of para-hydroxylation sites is 1. The zero-order valence-corrected chi connectivity index (χ0v) is 17.7. The molecule has 8 nitrogen and oxygen atoms in total. The van der Waals surface area contributed by atoms with Crippen LogP contribution in [0.25, 0.3) is 11.0 Å². The van der Waals surface area contributed by atoms with E-state index in [1.165, 1.54) is 6.07 Å². The highest BCUT2D eigenvalue weighted by molar-refractivity contribution is 5.94. The Balaban J connectivity index is 1.44. The van der Waals surface area contributed by atoms with E-state index in [0.717, 1.165) is 5.75 Å². The molecule has 1 saturated heterocycles. The van der Waals surface area contributed by atoms with Crippen molar-refractivity contribution in [2.45, 2.75) is 0 Å². The summed E-state index contributed by atoms with van der Waals surface area (Å²) >= 11 is 0. The number of carbonyl (C=O) groups is 1. The van der Waals surface area contributed by atoms with Crippen LogP contribution < -0.4 is 14.9 Å². The first-order valence-corrected chi connectivity index (χ1v) is 10.7. The van der Waals surface area contributed by atoms with Crippen molar-refractivity contribution in [1.82, 2.24) is 9.80 Å². The summed E-state index contributed by atoms with van der Waals surface area (Å²) in [4.78, 5) is 29.4. The fourth-order valence-electron chi connectivity index (χ4n) is 3.70. The van der Waals surface area contributed by atoms with Crippen molar-refractivity contribution in [3.05, 3.63) is 70.6 Å². The molecule has 0 unspecified atom stereocenters. The number of hydrogen-bond acceptors (Lipinski definition) is 7. The molecular formula is C24H26N2O6. The molecule has 0 bridgehead atoms. The highest BCUT2D eigenvalue weighted by Gasteiger charge is 2.24. The van der Waals surface area contributed by atoms with Crippen LogP contribution >= 0.6 is 0 Å². The number of nitrogens with zero attached hydrogens (tertiary/aromatic N) is 2. The van der Waals surface area contributed by atoms with E-state index < -0.39 is 0 Å². The number of benzene rings is 2. The molecule has 3 aromatic rings. The number of rotatable bonds is 8. The molecule has 1 aromatic heterocycles. The van der Waals surface area contributed by atoms with E-state index >= 15 is 0 Å². The summed E-state index contributed by atoms with van der Waals surface area (Å²) < 4.78 is 17.2. The third kappa shape index (κ3) is 5.09. The van der Waals surface area contributed by atoms with Gasteiger partial charge in [0.25, 0.3) is 5.91 Å². The molecular weight excluding hydrogens is 412 g/mol. The van der Waals surface area contributed by atoms with Crippen LogP contribution in [0.3, 0.4) is 0 Å². The number of hydrogen-bond donors (Lipinski definition) is 1. The topological polar surface area (TPSA) is 92.5 Å². The van der Waals surface area contributed by atoms with Gasteiger partial charge in [-0.25, -0.2) is 0 Å². The van der Waals surface area contributed by atoms with Crippen LogP contribution in [0.1, 0.15) is 10.6 Å². The lowest BCUT2D eigenvalue weighted by Crippen LogP contribution is -2.49. The van der Waals surface area contributed by atoms with Gasteiger partial charge in [0, 0.05) is 38.8 Å². The fourth-order valence-corrected chi connectivity index (χ4v) is 3.70. The van der Waals surface area contributed by atoms with Gasteiger partial charge < -0.3 is 23.9 Å². The van der Waals surface area contributed by atoms with Crippen molar-refractivity contribution in [3.8, 4) is 11.5 Å². The minimum Gasteiger partial charge on any atom is -0.490 e. The van der Waals surface area contributed by atoms with Gasteiger partial charge in [-0.05, 0) is 24.3 Å². The maximum absolute atomic E-state index is 12.9. The number of aliphatic hydroxyl groups is 1. The monoisotopic (exact) mass is 438 g/mol. The highest BCUT2D eigenvalue weighted by atomic mass is 16.5. The second-order valence-electron chi connectivity index (χ2n) is 7.47. The zero-order valence-electron chi connectivity index (χ0n) is 17.7. The lowest BCUT2D eigenvalue weighted by atomic mass is 10.2. The third-order valence-electron chi connectivity index (χ3n) is 5.36.